The van der Waals surface area contributed by atoms with Crippen molar-refractivity contribution in [3.63, 3.8) is 0 Å². The standard InChI is InChI=1S/C15H19N3O2/c1-11-9-13(20-3)17-14(16-11)18-15(2,10-19)12-7-5-4-6-8-12/h4-9,19H,10H2,1-3H3,(H,16,17,18). The number of methoxy groups -OCH3 is 1. The smallest absolute Gasteiger partial charge is 0.226 e. The first-order valence-corrected chi connectivity index (χ1v) is 6.41. The van der Waals surface area contributed by atoms with Gasteiger partial charge in [-0.15, -0.1) is 0 Å². The van der Waals surface area contributed by atoms with E-state index in [1.165, 1.54) is 0 Å². The summed E-state index contributed by atoms with van der Waals surface area (Å²) in [6.07, 6.45) is 0. The molecule has 1 aromatic carbocycles. The Bertz CT molecular complexity index is 575. The van der Waals surface area contributed by atoms with Crippen LogP contribution in [0.5, 0.6) is 5.88 Å². The van der Waals surface area contributed by atoms with Crippen molar-refractivity contribution in [1.82, 2.24) is 9.97 Å². The summed E-state index contributed by atoms with van der Waals surface area (Å²) >= 11 is 0. The molecule has 20 heavy (non-hydrogen) atoms. The Hall–Kier alpha value is -2.14. The Kier molecular flexibility index (Phi) is 4.20. The highest BCUT2D eigenvalue weighted by molar-refractivity contribution is 5.38. The predicted octanol–water partition coefficient (Wildman–Crippen LogP) is 2.11. The lowest BCUT2D eigenvalue weighted by atomic mass is 9.93. The third-order valence-electron chi connectivity index (χ3n) is 3.15. The Morgan fingerprint density at radius 1 is 1.25 bits per heavy atom. The van der Waals surface area contributed by atoms with E-state index in [2.05, 4.69) is 15.3 Å². The molecule has 106 valence electrons. The molecule has 0 amide bonds. The number of ether oxygens (including phenoxy) is 1. The van der Waals surface area contributed by atoms with Crippen LogP contribution in [0.2, 0.25) is 0 Å². The van der Waals surface area contributed by atoms with Crippen molar-refractivity contribution >= 4 is 5.95 Å². The van der Waals surface area contributed by atoms with E-state index in [-0.39, 0.29) is 6.61 Å². The summed E-state index contributed by atoms with van der Waals surface area (Å²) in [5, 5.41) is 12.9. The third kappa shape index (κ3) is 3.05. The van der Waals surface area contributed by atoms with Gasteiger partial charge in [-0.1, -0.05) is 30.3 Å². The lowest BCUT2D eigenvalue weighted by Gasteiger charge is -2.29. The average Bonchev–Trinajstić information content (AvgIpc) is 2.47. The summed E-state index contributed by atoms with van der Waals surface area (Å²) in [5.41, 5.74) is 1.11. The van der Waals surface area contributed by atoms with Gasteiger partial charge in [0.15, 0.2) is 0 Å². The molecule has 1 atom stereocenters. The van der Waals surface area contributed by atoms with Crippen molar-refractivity contribution < 1.29 is 9.84 Å². The van der Waals surface area contributed by atoms with Gasteiger partial charge in [-0.05, 0) is 19.4 Å². The van der Waals surface area contributed by atoms with Gasteiger partial charge in [0.05, 0.1) is 19.3 Å². The van der Waals surface area contributed by atoms with Crippen molar-refractivity contribution in [2.24, 2.45) is 0 Å². The maximum atomic E-state index is 9.75. The Morgan fingerprint density at radius 3 is 2.55 bits per heavy atom. The molecule has 0 saturated carbocycles. The summed E-state index contributed by atoms with van der Waals surface area (Å²) in [5.74, 6) is 0.926. The predicted molar refractivity (Wildman–Crippen MR) is 77.8 cm³/mol. The number of hydrogen-bond acceptors (Lipinski definition) is 5. The van der Waals surface area contributed by atoms with Gasteiger partial charge in [0.1, 0.15) is 0 Å². The molecule has 5 nitrogen and oxygen atoms in total. The highest BCUT2D eigenvalue weighted by Crippen LogP contribution is 2.25. The van der Waals surface area contributed by atoms with E-state index in [0.29, 0.717) is 11.8 Å². The molecule has 2 rings (SSSR count). The third-order valence-corrected chi connectivity index (χ3v) is 3.15. The van der Waals surface area contributed by atoms with Gasteiger partial charge in [-0.25, -0.2) is 4.98 Å². The summed E-state index contributed by atoms with van der Waals surface area (Å²) < 4.78 is 5.14. The van der Waals surface area contributed by atoms with Gasteiger partial charge in [-0.3, -0.25) is 0 Å². The number of hydrogen-bond donors (Lipinski definition) is 2. The van der Waals surface area contributed by atoms with Gasteiger partial charge >= 0.3 is 0 Å². The minimum atomic E-state index is -0.653. The van der Waals surface area contributed by atoms with Crippen LogP contribution in [0, 0.1) is 6.92 Å². The van der Waals surface area contributed by atoms with E-state index < -0.39 is 5.54 Å². The topological polar surface area (TPSA) is 67.3 Å². The van der Waals surface area contributed by atoms with E-state index in [4.69, 9.17) is 4.74 Å². The molecular weight excluding hydrogens is 254 g/mol. The van der Waals surface area contributed by atoms with Crippen LogP contribution in [0.1, 0.15) is 18.2 Å². The fourth-order valence-corrected chi connectivity index (χ4v) is 1.96. The summed E-state index contributed by atoms with van der Waals surface area (Å²) in [6, 6.07) is 11.5. The quantitative estimate of drug-likeness (QED) is 0.873. The van der Waals surface area contributed by atoms with Crippen LogP contribution >= 0.6 is 0 Å². The number of aliphatic hydroxyl groups is 1. The van der Waals surface area contributed by atoms with Gasteiger partial charge in [0.2, 0.25) is 11.8 Å². The van der Waals surface area contributed by atoms with Gasteiger partial charge in [0, 0.05) is 11.8 Å². The molecule has 5 heteroatoms. The molecule has 1 aromatic heterocycles. The van der Waals surface area contributed by atoms with Crippen molar-refractivity contribution in [1.29, 1.82) is 0 Å². The number of anilines is 1. The van der Waals surface area contributed by atoms with Gasteiger partial charge < -0.3 is 15.2 Å². The van der Waals surface area contributed by atoms with Crippen LogP contribution in [0.25, 0.3) is 0 Å². The first-order chi connectivity index (χ1) is 9.57. The van der Waals surface area contributed by atoms with Gasteiger partial charge in [-0.2, -0.15) is 4.98 Å². The first-order valence-electron chi connectivity index (χ1n) is 6.41. The zero-order valence-electron chi connectivity index (χ0n) is 11.9. The second kappa shape index (κ2) is 5.88. The molecular formula is C15H19N3O2. The largest absolute Gasteiger partial charge is 0.481 e. The highest BCUT2D eigenvalue weighted by Gasteiger charge is 2.26. The van der Waals surface area contributed by atoms with Crippen LogP contribution in [0.4, 0.5) is 5.95 Å². The fraction of sp³-hybridized carbons (Fsp3) is 0.333. The normalized spacial score (nSPS) is 13.6. The number of aromatic nitrogens is 2. The molecule has 0 spiro atoms. The van der Waals surface area contributed by atoms with E-state index in [1.807, 2.05) is 44.2 Å². The second-order valence-electron chi connectivity index (χ2n) is 4.86. The molecule has 0 aliphatic heterocycles. The average molecular weight is 273 g/mol. The molecule has 0 saturated heterocycles. The number of nitrogens with zero attached hydrogens (tertiary/aromatic N) is 2. The molecule has 1 unspecified atom stereocenters. The molecule has 2 aromatic rings. The van der Waals surface area contributed by atoms with Gasteiger partial charge in [0.25, 0.3) is 0 Å². The SMILES string of the molecule is COc1cc(C)nc(NC(C)(CO)c2ccccc2)n1. The van der Waals surface area contributed by atoms with Crippen LogP contribution in [-0.2, 0) is 5.54 Å². The number of benzene rings is 1. The Balaban J connectivity index is 2.33. The second-order valence-corrected chi connectivity index (χ2v) is 4.86. The monoisotopic (exact) mass is 273 g/mol. The van der Waals surface area contributed by atoms with Crippen molar-refractivity contribution in [2.75, 3.05) is 19.0 Å². The number of rotatable bonds is 5. The van der Waals surface area contributed by atoms with E-state index >= 15 is 0 Å². The summed E-state index contributed by atoms with van der Waals surface area (Å²) in [7, 11) is 1.56. The number of aryl methyl sites for hydroxylation is 1. The minimum Gasteiger partial charge on any atom is -0.481 e. The fourth-order valence-electron chi connectivity index (χ4n) is 1.96. The number of aliphatic hydroxyl groups excluding tert-OH is 1. The summed E-state index contributed by atoms with van der Waals surface area (Å²) in [4.78, 5) is 8.58. The Labute approximate surface area is 118 Å². The lowest BCUT2D eigenvalue weighted by Crippen LogP contribution is -2.36. The summed E-state index contributed by atoms with van der Waals surface area (Å²) in [6.45, 7) is 3.70. The minimum absolute atomic E-state index is 0.0728. The molecule has 0 fully saturated rings. The molecule has 1 heterocycles. The van der Waals surface area contributed by atoms with Crippen LogP contribution in [-0.4, -0.2) is 28.8 Å². The van der Waals surface area contributed by atoms with E-state index in [0.717, 1.165) is 11.3 Å². The van der Waals surface area contributed by atoms with E-state index in [1.54, 1.807) is 13.2 Å². The van der Waals surface area contributed by atoms with Crippen LogP contribution < -0.4 is 10.1 Å². The molecule has 0 radical (unpaired) electrons. The van der Waals surface area contributed by atoms with Crippen molar-refractivity contribution in [3.8, 4) is 5.88 Å². The van der Waals surface area contributed by atoms with E-state index in [9.17, 15) is 5.11 Å². The van der Waals surface area contributed by atoms with Crippen LogP contribution in [0.3, 0.4) is 0 Å². The Morgan fingerprint density at radius 2 is 1.95 bits per heavy atom. The first kappa shape index (κ1) is 14.3. The lowest BCUT2D eigenvalue weighted by molar-refractivity contribution is 0.223. The van der Waals surface area contributed by atoms with Crippen molar-refractivity contribution in [3.05, 3.63) is 47.7 Å². The molecule has 2 N–H and O–H groups in total. The molecule has 0 bridgehead atoms. The zero-order chi connectivity index (χ0) is 14.6. The van der Waals surface area contributed by atoms with Crippen LogP contribution in [0.15, 0.2) is 36.4 Å². The zero-order valence-corrected chi connectivity index (χ0v) is 11.9. The molecule has 0 aliphatic rings. The van der Waals surface area contributed by atoms with Crippen molar-refractivity contribution in [2.45, 2.75) is 19.4 Å². The maximum absolute atomic E-state index is 9.75. The molecule has 0 aliphatic carbocycles. The number of nitrogens with one attached hydrogen (secondary N) is 1. The maximum Gasteiger partial charge on any atom is 0.226 e. The highest BCUT2D eigenvalue weighted by atomic mass is 16.5.